The van der Waals surface area contributed by atoms with Crippen molar-refractivity contribution in [1.82, 2.24) is 9.78 Å². The fraction of sp³-hybridized carbons (Fsp3) is 0.389. The Bertz CT molecular complexity index is 748. The van der Waals surface area contributed by atoms with Crippen molar-refractivity contribution in [1.29, 1.82) is 0 Å². The van der Waals surface area contributed by atoms with Gasteiger partial charge in [0.2, 0.25) is 5.91 Å². The summed E-state index contributed by atoms with van der Waals surface area (Å²) in [7, 11) is 1.86. The van der Waals surface area contributed by atoms with Gasteiger partial charge < -0.3 is 10.4 Å². The van der Waals surface area contributed by atoms with Crippen molar-refractivity contribution < 1.29 is 14.7 Å². The third-order valence-electron chi connectivity index (χ3n) is 4.20. The molecule has 2 rings (SSSR count). The van der Waals surface area contributed by atoms with Gasteiger partial charge >= 0.3 is 5.97 Å². The van der Waals surface area contributed by atoms with Gasteiger partial charge in [0.25, 0.3) is 0 Å². The van der Waals surface area contributed by atoms with Crippen molar-refractivity contribution in [2.45, 2.75) is 33.6 Å². The molecular formula is C18H23N3O3. The van der Waals surface area contributed by atoms with Crippen LogP contribution in [0.2, 0.25) is 0 Å². The summed E-state index contributed by atoms with van der Waals surface area (Å²) < 4.78 is 1.77. The molecule has 0 saturated heterocycles. The molecule has 0 aliphatic rings. The molecule has 0 fully saturated rings. The maximum absolute atomic E-state index is 12.2. The quantitative estimate of drug-likeness (QED) is 0.853. The largest absolute Gasteiger partial charge is 0.481 e. The van der Waals surface area contributed by atoms with Crippen molar-refractivity contribution in [3.63, 3.8) is 0 Å². The van der Waals surface area contributed by atoms with Gasteiger partial charge in [-0.25, -0.2) is 0 Å². The number of aryl methyl sites for hydroxylation is 2. The fourth-order valence-corrected chi connectivity index (χ4v) is 2.60. The number of carbonyl (C=O) groups is 2. The molecular weight excluding hydrogens is 306 g/mol. The summed E-state index contributed by atoms with van der Waals surface area (Å²) in [4.78, 5) is 23.1. The molecule has 24 heavy (non-hydrogen) atoms. The van der Waals surface area contributed by atoms with Crippen LogP contribution in [-0.2, 0) is 29.5 Å². The van der Waals surface area contributed by atoms with Crippen molar-refractivity contribution >= 4 is 17.6 Å². The zero-order valence-electron chi connectivity index (χ0n) is 14.5. The average molecular weight is 329 g/mol. The van der Waals surface area contributed by atoms with Crippen LogP contribution in [0.5, 0.6) is 0 Å². The smallest absolute Gasteiger partial charge is 0.306 e. The Morgan fingerprint density at radius 1 is 1.25 bits per heavy atom. The predicted molar refractivity (Wildman–Crippen MR) is 92.0 cm³/mol. The number of nitrogens with one attached hydrogen (secondary N) is 1. The number of hydrogen-bond acceptors (Lipinski definition) is 3. The number of carboxylic acid groups (broad SMARTS) is 1. The van der Waals surface area contributed by atoms with Crippen LogP contribution in [0, 0.1) is 19.8 Å². The Labute approximate surface area is 141 Å². The van der Waals surface area contributed by atoms with Crippen LogP contribution in [0.3, 0.4) is 0 Å². The van der Waals surface area contributed by atoms with E-state index in [2.05, 4.69) is 10.4 Å². The number of anilines is 1. The number of carbonyl (C=O) groups excluding carboxylic acids is 1. The second kappa shape index (κ2) is 7.29. The number of aliphatic carboxylic acids is 1. The topological polar surface area (TPSA) is 84.2 Å². The van der Waals surface area contributed by atoms with E-state index in [0.717, 1.165) is 22.5 Å². The second-order valence-electron chi connectivity index (χ2n) is 6.14. The van der Waals surface area contributed by atoms with Crippen LogP contribution in [-0.4, -0.2) is 26.8 Å². The summed E-state index contributed by atoms with van der Waals surface area (Å²) in [5, 5.41) is 16.1. The molecule has 1 amide bonds. The molecule has 1 aromatic carbocycles. The van der Waals surface area contributed by atoms with Gasteiger partial charge in [-0.2, -0.15) is 5.10 Å². The van der Waals surface area contributed by atoms with E-state index in [9.17, 15) is 9.59 Å². The highest BCUT2D eigenvalue weighted by Crippen LogP contribution is 2.16. The number of carboxylic acids is 1. The first-order valence-corrected chi connectivity index (χ1v) is 7.88. The number of rotatable bonds is 6. The van der Waals surface area contributed by atoms with E-state index in [0.29, 0.717) is 12.1 Å². The highest BCUT2D eigenvalue weighted by Gasteiger charge is 2.14. The summed E-state index contributed by atoms with van der Waals surface area (Å²) in [5.41, 5.74) is 4.43. The zero-order valence-corrected chi connectivity index (χ0v) is 14.5. The molecule has 0 bridgehead atoms. The summed E-state index contributed by atoms with van der Waals surface area (Å²) >= 11 is 0. The summed E-state index contributed by atoms with van der Waals surface area (Å²) in [6.45, 7) is 5.52. The summed E-state index contributed by atoms with van der Waals surface area (Å²) in [6, 6.07) is 7.28. The maximum atomic E-state index is 12.2. The summed E-state index contributed by atoms with van der Waals surface area (Å²) in [6.07, 6.45) is 0.751. The van der Waals surface area contributed by atoms with Crippen LogP contribution >= 0.6 is 0 Å². The van der Waals surface area contributed by atoms with Crippen LogP contribution in [0.4, 0.5) is 5.69 Å². The third kappa shape index (κ3) is 4.22. The number of amides is 1. The number of aromatic nitrogens is 2. The minimum atomic E-state index is -0.811. The van der Waals surface area contributed by atoms with Gasteiger partial charge in [-0.05, 0) is 38.0 Å². The van der Waals surface area contributed by atoms with Gasteiger partial charge in [0.15, 0.2) is 0 Å². The van der Waals surface area contributed by atoms with Crippen LogP contribution in [0.15, 0.2) is 24.3 Å². The molecule has 1 aromatic heterocycles. The van der Waals surface area contributed by atoms with Gasteiger partial charge in [0.05, 0.1) is 18.0 Å². The van der Waals surface area contributed by atoms with Crippen molar-refractivity contribution in [2.24, 2.45) is 13.0 Å². The maximum Gasteiger partial charge on any atom is 0.306 e. The van der Waals surface area contributed by atoms with Gasteiger partial charge in [0, 0.05) is 24.0 Å². The fourth-order valence-electron chi connectivity index (χ4n) is 2.60. The SMILES string of the molecule is Cc1nn(C)c(C)c1CC(=O)Nc1ccc(C[C@@H](C)C(=O)O)cc1. The first kappa shape index (κ1) is 17.7. The predicted octanol–water partition coefficient (Wildman–Crippen LogP) is 2.48. The van der Waals surface area contributed by atoms with Crippen LogP contribution in [0.25, 0.3) is 0 Å². The first-order valence-electron chi connectivity index (χ1n) is 7.88. The molecule has 0 unspecified atom stereocenters. The van der Waals surface area contributed by atoms with Gasteiger partial charge in [-0.1, -0.05) is 19.1 Å². The lowest BCUT2D eigenvalue weighted by molar-refractivity contribution is -0.141. The molecule has 0 spiro atoms. The molecule has 0 aliphatic heterocycles. The van der Waals surface area contributed by atoms with E-state index >= 15 is 0 Å². The van der Waals surface area contributed by atoms with E-state index in [1.165, 1.54) is 0 Å². The molecule has 1 atom stereocenters. The van der Waals surface area contributed by atoms with Crippen LogP contribution in [0.1, 0.15) is 29.4 Å². The molecule has 1 heterocycles. The highest BCUT2D eigenvalue weighted by molar-refractivity contribution is 5.92. The van der Waals surface area contributed by atoms with E-state index in [1.54, 1.807) is 23.7 Å². The Morgan fingerprint density at radius 2 is 1.88 bits per heavy atom. The normalized spacial score (nSPS) is 12.0. The van der Waals surface area contributed by atoms with E-state index in [-0.39, 0.29) is 12.3 Å². The lowest BCUT2D eigenvalue weighted by Crippen LogP contribution is -2.15. The standard InChI is InChI=1S/C18H23N3O3/c1-11(18(23)24)9-14-5-7-15(8-6-14)19-17(22)10-16-12(2)20-21(4)13(16)3/h5-8,11H,9-10H2,1-4H3,(H,19,22)(H,23,24)/t11-/m1/s1. The van der Waals surface area contributed by atoms with Crippen LogP contribution < -0.4 is 5.32 Å². The monoisotopic (exact) mass is 329 g/mol. The number of benzene rings is 1. The Balaban J connectivity index is 1.98. The Morgan fingerprint density at radius 3 is 2.38 bits per heavy atom. The van der Waals surface area contributed by atoms with Gasteiger partial charge in [0.1, 0.15) is 0 Å². The Hall–Kier alpha value is -2.63. The minimum Gasteiger partial charge on any atom is -0.481 e. The molecule has 0 saturated carbocycles. The molecule has 128 valence electrons. The molecule has 2 aromatic rings. The molecule has 2 N–H and O–H groups in total. The average Bonchev–Trinajstić information content (AvgIpc) is 2.75. The second-order valence-corrected chi connectivity index (χ2v) is 6.14. The highest BCUT2D eigenvalue weighted by atomic mass is 16.4. The molecule has 0 aliphatic carbocycles. The lowest BCUT2D eigenvalue weighted by atomic mass is 10.0. The summed E-state index contributed by atoms with van der Waals surface area (Å²) in [5.74, 6) is -1.34. The van der Waals surface area contributed by atoms with E-state index in [4.69, 9.17) is 5.11 Å². The van der Waals surface area contributed by atoms with E-state index < -0.39 is 11.9 Å². The zero-order chi connectivity index (χ0) is 17.9. The number of hydrogen-bond donors (Lipinski definition) is 2. The lowest BCUT2D eigenvalue weighted by Gasteiger charge is -2.09. The molecule has 0 radical (unpaired) electrons. The minimum absolute atomic E-state index is 0.0964. The van der Waals surface area contributed by atoms with Crippen molar-refractivity contribution in [3.05, 3.63) is 46.8 Å². The van der Waals surface area contributed by atoms with Crippen molar-refractivity contribution in [3.8, 4) is 0 Å². The number of nitrogens with zero attached hydrogens (tertiary/aromatic N) is 2. The first-order chi connectivity index (χ1) is 11.3. The van der Waals surface area contributed by atoms with Gasteiger partial charge in [-0.3, -0.25) is 14.3 Å². The third-order valence-corrected chi connectivity index (χ3v) is 4.20. The van der Waals surface area contributed by atoms with Crippen molar-refractivity contribution in [2.75, 3.05) is 5.32 Å². The molecule has 6 nitrogen and oxygen atoms in total. The van der Waals surface area contributed by atoms with Gasteiger partial charge in [-0.15, -0.1) is 0 Å². The Kier molecular flexibility index (Phi) is 5.39. The van der Waals surface area contributed by atoms with E-state index in [1.807, 2.05) is 33.0 Å². The molecule has 6 heteroatoms.